The normalized spacial score (nSPS) is 20.5. The average Bonchev–Trinajstić information content (AvgIpc) is 3.38. The van der Waals surface area contributed by atoms with E-state index in [1.54, 1.807) is 18.2 Å². The van der Waals surface area contributed by atoms with Gasteiger partial charge in [-0.1, -0.05) is 12.1 Å². The molecule has 5 rings (SSSR count). The Balaban J connectivity index is 1.36. The van der Waals surface area contributed by atoms with Gasteiger partial charge in [-0.05, 0) is 53.9 Å². The highest BCUT2D eigenvalue weighted by Crippen LogP contribution is 2.39. The predicted molar refractivity (Wildman–Crippen MR) is 146 cm³/mol. The fourth-order valence-electron chi connectivity index (χ4n) is 5.62. The third-order valence-corrected chi connectivity index (χ3v) is 9.59. The standard InChI is InChI=1S/C28H30F2N4O5S/c1-39-27-16-25(34(35)36)9-10-28(27)40(37,38)33-18-21(26(19-33)20-3-2-4-23(30)15-20)17-31-11-13-32(14-12-31)24-7-5-22(29)6-8-24/h2-10,15-16,21,26H,11-14,17-19H2,1H3. The highest BCUT2D eigenvalue weighted by Gasteiger charge is 2.42. The summed E-state index contributed by atoms with van der Waals surface area (Å²) in [5, 5.41) is 11.2. The van der Waals surface area contributed by atoms with E-state index in [9.17, 15) is 27.3 Å². The summed E-state index contributed by atoms with van der Waals surface area (Å²) in [4.78, 5) is 14.9. The fraction of sp³-hybridized carbons (Fsp3) is 0.357. The first-order chi connectivity index (χ1) is 19.2. The van der Waals surface area contributed by atoms with Gasteiger partial charge in [0.05, 0.1) is 18.1 Å². The van der Waals surface area contributed by atoms with Crippen molar-refractivity contribution in [1.29, 1.82) is 0 Å². The first-order valence-electron chi connectivity index (χ1n) is 13.0. The summed E-state index contributed by atoms with van der Waals surface area (Å²) in [7, 11) is -2.79. The molecule has 2 saturated heterocycles. The minimum atomic E-state index is -4.06. The highest BCUT2D eigenvalue weighted by molar-refractivity contribution is 7.89. The number of rotatable bonds is 8. The lowest BCUT2D eigenvalue weighted by Gasteiger charge is -2.38. The van der Waals surface area contributed by atoms with Gasteiger partial charge in [-0.3, -0.25) is 15.0 Å². The molecule has 0 saturated carbocycles. The van der Waals surface area contributed by atoms with Crippen molar-refractivity contribution < 1.29 is 26.9 Å². The van der Waals surface area contributed by atoms with E-state index in [1.807, 2.05) is 6.07 Å². The number of piperazine rings is 1. The number of anilines is 1. The van der Waals surface area contributed by atoms with Gasteiger partial charge in [0, 0.05) is 63.5 Å². The molecule has 0 amide bonds. The first kappa shape index (κ1) is 27.9. The van der Waals surface area contributed by atoms with E-state index in [1.165, 1.54) is 41.7 Å². The number of hydrogen-bond acceptors (Lipinski definition) is 7. The maximum absolute atomic E-state index is 14.2. The van der Waals surface area contributed by atoms with Gasteiger partial charge in [-0.2, -0.15) is 4.31 Å². The molecule has 2 heterocycles. The summed E-state index contributed by atoms with van der Waals surface area (Å²) in [6, 6.07) is 16.1. The number of halogens is 2. The molecule has 3 aromatic carbocycles. The molecule has 0 bridgehead atoms. The van der Waals surface area contributed by atoms with Crippen molar-refractivity contribution in [2.75, 3.05) is 57.8 Å². The number of benzene rings is 3. The van der Waals surface area contributed by atoms with Crippen molar-refractivity contribution in [3.05, 3.63) is 94.0 Å². The van der Waals surface area contributed by atoms with Gasteiger partial charge < -0.3 is 9.64 Å². The molecule has 0 spiro atoms. The van der Waals surface area contributed by atoms with Gasteiger partial charge in [-0.15, -0.1) is 0 Å². The van der Waals surface area contributed by atoms with Crippen LogP contribution in [0.15, 0.2) is 71.6 Å². The number of hydrogen-bond donors (Lipinski definition) is 0. The van der Waals surface area contributed by atoms with Crippen LogP contribution >= 0.6 is 0 Å². The summed E-state index contributed by atoms with van der Waals surface area (Å²) in [5.74, 6) is -1.13. The van der Waals surface area contributed by atoms with E-state index >= 15 is 0 Å². The number of nitrogens with zero attached hydrogens (tertiary/aromatic N) is 4. The molecule has 2 aliphatic rings. The van der Waals surface area contributed by atoms with E-state index in [-0.39, 0.29) is 52.9 Å². The number of sulfonamides is 1. The number of ether oxygens (including phenoxy) is 1. The molecule has 0 aromatic heterocycles. The maximum atomic E-state index is 14.2. The van der Waals surface area contributed by atoms with Gasteiger partial charge in [-0.25, -0.2) is 17.2 Å². The SMILES string of the molecule is COc1cc([N+](=O)[O-])ccc1S(=O)(=O)N1CC(CN2CCN(c3ccc(F)cc3)CC2)C(c2cccc(F)c2)C1. The highest BCUT2D eigenvalue weighted by atomic mass is 32.2. The lowest BCUT2D eigenvalue weighted by molar-refractivity contribution is -0.385. The van der Waals surface area contributed by atoms with Gasteiger partial charge in [0.15, 0.2) is 0 Å². The second-order valence-corrected chi connectivity index (χ2v) is 12.0. The Bertz CT molecular complexity index is 1480. The summed E-state index contributed by atoms with van der Waals surface area (Å²) in [6.07, 6.45) is 0. The molecule has 2 aliphatic heterocycles. The van der Waals surface area contributed by atoms with Crippen molar-refractivity contribution in [2.24, 2.45) is 5.92 Å². The summed E-state index contributed by atoms with van der Waals surface area (Å²) < 4.78 is 61.6. The average molecular weight is 573 g/mol. The zero-order chi connectivity index (χ0) is 28.4. The molecule has 2 unspecified atom stereocenters. The molecule has 12 heteroatoms. The lowest BCUT2D eigenvalue weighted by atomic mass is 9.88. The van der Waals surface area contributed by atoms with E-state index < -0.39 is 14.9 Å². The van der Waals surface area contributed by atoms with Crippen molar-refractivity contribution in [1.82, 2.24) is 9.21 Å². The largest absolute Gasteiger partial charge is 0.495 e. The minimum absolute atomic E-state index is 0.100. The van der Waals surface area contributed by atoms with E-state index in [4.69, 9.17) is 4.74 Å². The van der Waals surface area contributed by atoms with Crippen LogP contribution in [0.2, 0.25) is 0 Å². The third-order valence-electron chi connectivity index (χ3n) is 7.72. The van der Waals surface area contributed by atoms with Crippen LogP contribution in [0.25, 0.3) is 0 Å². The smallest absolute Gasteiger partial charge is 0.273 e. The Morgan fingerprint density at radius 1 is 0.950 bits per heavy atom. The monoisotopic (exact) mass is 572 g/mol. The van der Waals surface area contributed by atoms with Crippen LogP contribution in [0, 0.1) is 27.7 Å². The van der Waals surface area contributed by atoms with Crippen LogP contribution in [-0.4, -0.2) is 75.5 Å². The third kappa shape index (κ3) is 5.79. The fourth-order valence-corrected chi connectivity index (χ4v) is 7.28. The van der Waals surface area contributed by atoms with Crippen LogP contribution < -0.4 is 9.64 Å². The Kier molecular flexibility index (Phi) is 8.02. The molecule has 40 heavy (non-hydrogen) atoms. The molecule has 0 N–H and O–H groups in total. The van der Waals surface area contributed by atoms with Crippen LogP contribution in [0.4, 0.5) is 20.2 Å². The minimum Gasteiger partial charge on any atom is -0.495 e. The van der Waals surface area contributed by atoms with Gasteiger partial charge >= 0.3 is 0 Å². The lowest BCUT2D eigenvalue weighted by Crippen LogP contribution is -2.48. The molecular weight excluding hydrogens is 542 g/mol. The van der Waals surface area contributed by atoms with Crippen LogP contribution in [-0.2, 0) is 10.0 Å². The van der Waals surface area contributed by atoms with E-state index in [2.05, 4.69) is 9.80 Å². The van der Waals surface area contributed by atoms with Crippen LogP contribution in [0.1, 0.15) is 11.5 Å². The zero-order valence-corrected chi connectivity index (χ0v) is 22.8. The van der Waals surface area contributed by atoms with Gasteiger partial charge in [0.25, 0.3) is 5.69 Å². The summed E-state index contributed by atoms with van der Waals surface area (Å²) >= 11 is 0. The quantitative estimate of drug-likeness (QED) is 0.296. The number of non-ortho nitro benzene ring substituents is 1. The van der Waals surface area contributed by atoms with E-state index in [0.717, 1.165) is 49.6 Å². The zero-order valence-electron chi connectivity index (χ0n) is 21.9. The summed E-state index contributed by atoms with van der Waals surface area (Å²) in [6.45, 7) is 3.94. The Hall–Kier alpha value is -3.61. The van der Waals surface area contributed by atoms with E-state index in [0.29, 0.717) is 6.54 Å². The molecular formula is C28H30F2N4O5S. The molecule has 0 radical (unpaired) electrons. The van der Waals surface area contributed by atoms with Crippen molar-refractivity contribution in [3.8, 4) is 5.75 Å². The van der Waals surface area contributed by atoms with Crippen molar-refractivity contribution in [3.63, 3.8) is 0 Å². The molecule has 0 aliphatic carbocycles. The van der Waals surface area contributed by atoms with Gasteiger partial charge in [0.2, 0.25) is 10.0 Å². The maximum Gasteiger partial charge on any atom is 0.273 e. The first-order valence-corrected chi connectivity index (χ1v) is 14.4. The molecule has 3 aromatic rings. The molecule has 2 fully saturated rings. The van der Waals surface area contributed by atoms with Crippen molar-refractivity contribution >= 4 is 21.4 Å². The Labute approximate surface area is 231 Å². The Morgan fingerprint density at radius 3 is 2.33 bits per heavy atom. The Morgan fingerprint density at radius 2 is 1.68 bits per heavy atom. The molecule has 212 valence electrons. The molecule has 9 nitrogen and oxygen atoms in total. The number of nitro groups is 1. The van der Waals surface area contributed by atoms with Crippen LogP contribution in [0.5, 0.6) is 5.75 Å². The second kappa shape index (κ2) is 11.5. The predicted octanol–water partition coefficient (Wildman–Crippen LogP) is 4.11. The van der Waals surface area contributed by atoms with Crippen LogP contribution in [0.3, 0.4) is 0 Å². The van der Waals surface area contributed by atoms with Gasteiger partial charge in [0.1, 0.15) is 22.3 Å². The molecule has 2 atom stereocenters. The topological polar surface area (TPSA) is 96.2 Å². The number of nitro benzene ring substituents is 1. The summed E-state index contributed by atoms with van der Waals surface area (Å²) in [5.41, 5.74) is 1.41. The second-order valence-electron chi connectivity index (χ2n) is 10.1. The number of methoxy groups -OCH3 is 1. The van der Waals surface area contributed by atoms with Crippen molar-refractivity contribution in [2.45, 2.75) is 10.8 Å².